The van der Waals surface area contributed by atoms with Crippen molar-refractivity contribution in [3.05, 3.63) is 29.8 Å². The van der Waals surface area contributed by atoms with E-state index in [0.717, 1.165) is 29.7 Å². The van der Waals surface area contributed by atoms with E-state index in [1.807, 2.05) is 0 Å². The first kappa shape index (κ1) is 13.9. The van der Waals surface area contributed by atoms with Gasteiger partial charge in [0.25, 0.3) is 0 Å². The highest BCUT2D eigenvalue weighted by atomic mass is 16.5. The van der Waals surface area contributed by atoms with Crippen molar-refractivity contribution in [2.24, 2.45) is 5.92 Å². The van der Waals surface area contributed by atoms with Gasteiger partial charge >= 0.3 is 0 Å². The van der Waals surface area contributed by atoms with Crippen LogP contribution in [-0.4, -0.2) is 19.2 Å². The number of hydrogen-bond donors (Lipinski definition) is 1. The average Bonchev–Trinajstić information content (AvgIpc) is 2.45. The van der Waals surface area contributed by atoms with Crippen molar-refractivity contribution in [3.8, 4) is 5.75 Å². The molecule has 0 heterocycles. The summed E-state index contributed by atoms with van der Waals surface area (Å²) in [7, 11) is 1.73. The Balaban J connectivity index is 1.44. The molecule has 0 spiro atoms. The van der Waals surface area contributed by atoms with Crippen LogP contribution in [0.1, 0.15) is 56.9 Å². The molecule has 0 atom stereocenters. The molecule has 2 aliphatic rings. The maximum Gasteiger partial charge on any atom is 0.118 e. The Hall–Kier alpha value is -1.02. The Labute approximate surface area is 122 Å². The van der Waals surface area contributed by atoms with E-state index in [9.17, 15) is 0 Å². The van der Waals surface area contributed by atoms with Crippen LogP contribution in [-0.2, 0) is 0 Å². The molecule has 1 N–H and O–H groups in total. The Morgan fingerprint density at radius 1 is 0.950 bits per heavy atom. The second-order valence-corrected chi connectivity index (χ2v) is 6.76. The molecule has 110 valence electrons. The highest BCUT2D eigenvalue weighted by molar-refractivity contribution is 5.30. The van der Waals surface area contributed by atoms with Crippen LogP contribution in [0.15, 0.2) is 24.3 Å². The third kappa shape index (κ3) is 3.17. The van der Waals surface area contributed by atoms with Gasteiger partial charge in [-0.25, -0.2) is 0 Å². The summed E-state index contributed by atoms with van der Waals surface area (Å²) in [6.07, 6.45) is 8.19. The molecule has 3 rings (SSSR count). The first-order valence-electron chi connectivity index (χ1n) is 8.14. The van der Waals surface area contributed by atoms with Gasteiger partial charge in [0.05, 0.1) is 7.11 Å². The molecular formula is C18H27NO. The van der Waals surface area contributed by atoms with Crippen molar-refractivity contribution < 1.29 is 4.74 Å². The third-order valence-electron chi connectivity index (χ3n) is 5.21. The monoisotopic (exact) mass is 273 g/mol. The largest absolute Gasteiger partial charge is 0.497 e. The van der Waals surface area contributed by atoms with Crippen LogP contribution in [0.25, 0.3) is 0 Å². The summed E-state index contributed by atoms with van der Waals surface area (Å²) >= 11 is 0. The van der Waals surface area contributed by atoms with Crippen molar-refractivity contribution in [1.82, 2.24) is 5.32 Å². The predicted molar refractivity (Wildman–Crippen MR) is 83.3 cm³/mol. The molecule has 2 aliphatic carbocycles. The van der Waals surface area contributed by atoms with Gasteiger partial charge in [0.1, 0.15) is 5.75 Å². The van der Waals surface area contributed by atoms with E-state index in [4.69, 9.17) is 4.74 Å². The molecule has 0 bridgehead atoms. The molecule has 2 heteroatoms. The fourth-order valence-corrected chi connectivity index (χ4v) is 3.66. The summed E-state index contributed by atoms with van der Waals surface area (Å²) in [6, 6.07) is 10.1. The third-order valence-corrected chi connectivity index (χ3v) is 5.21. The molecule has 0 saturated heterocycles. The summed E-state index contributed by atoms with van der Waals surface area (Å²) in [5.41, 5.74) is 1.47. The van der Waals surface area contributed by atoms with Crippen LogP contribution in [0.2, 0.25) is 0 Å². The van der Waals surface area contributed by atoms with Crippen molar-refractivity contribution >= 4 is 0 Å². The molecule has 1 aromatic carbocycles. The van der Waals surface area contributed by atoms with Gasteiger partial charge in [0.15, 0.2) is 0 Å². The molecule has 0 aromatic heterocycles. The molecule has 2 nitrogen and oxygen atoms in total. The van der Waals surface area contributed by atoms with E-state index < -0.39 is 0 Å². The van der Waals surface area contributed by atoms with Crippen molar-refractivity contribution in [2.45, 2.75) is 63.5 Å². The maximum atomic E-state index is 5.22. The van der Waals surface area contributed by atoms with Gasteiger partial charge in [0, 0.05) is 12.1 Å². The zero-order chi connectivity index (χ0) is 13.9. The summed E-state index contributed by atoms with van der Waals surface area (Å²) in [4.78, 5) is 0. The number of methoxy groups -OCH3 is 1. The smallest absolute Gasteiger partial charge is 0.118 e. The quantitative estimate of drug-likeness (QED) is 0.891. The molecule has 2 fully saturated rings. The number of hydrogen-bond acceptors (Lipinski definition) is 2. The van der Waals surface area contributed by atoms with E-state index in [1.54, 1.807) is 7.11 Å². The lowest BCUT2D eigenvalue weighted by atomic mass is 9.75. The van der Waals surface area contributed by atoms with Gasteiger partial charge in [-0.3, -0.25) is 0 Å². The van der Waals surface area contributed by atoms with Gasteiger partial charge in [-0.15, -0.1) is 0 Å². The van der Waals surface area contributed by atoms with Crippen LogP contribution < -0.4 is 10.1 Å². The van der Waals surface area contributed by atoms with Crippen LogP contribution >= 0.6 is 0 Å². The van der Waals surface area contributed by atoms with Crippen LogP contribution in [0, 0.1) is 5.92 Å². The molecule has 20 heavy (non-hydrogen) atoms. The maximum absolute atomic E-state index is 5.22. The Bertz CT molecular complexity index is 414. The lowest BCUT2D eigenvalue weighted by Crippen LogP contribution is -2.46. The Morgan fingerprint density at radius 2 is 1.60 bits per heavy atom. The minimum atomic E-state index is 0.750. The SMILES string of the molecule is COc1ccc(C2CC(NC3CCC(C)CC3)C2)cc1. The molecule has 2 saturated carbocycles. The van der Waals surface area contributed by atoms with E-state index in [2.05, 4.69) is 36.5 Å². The lowest BCUT2D eigenvalue weighted by molar-refractivity contribution is 0.221. The van der Waals surface area contributed by atoms with Gasteiger partial charge in [-0.1, -0.05) is 19.1 Å². The van der Waals surface area contributed by atoms with Gasteiger partial charge in [-0.05, 0) is 68.1 Å². The number of ether oxygens (including phenoxy) is 1. The highest BCUT2D eigenvalue weighted by Gasteiger charge is 2.32. The summed E-state index contributed by atoms with van der Waals surface area (Å²) in [5.74, 6) is 2.65. The second kappa shape index (κ2) is 6.17. The predicted octanol–water partition coefficient (Wildman–Crippen LogP) is 4.11. The summed E-state index contributed by atoms with van der Waals surface area (Å²) < 4.78 is 5.22. The molecule has 0 aliphatic heterocycles. The van der Waals surface area contributed by atoms with E-state index in [1.165, 1.54) is 44.1 Å². The zero-order valence-electron chi connectivity index (χ0n) is 12.8. The highest BCUT2D eigenvalue weighted by Crippen LogP contribution is 2.38. The molecule has 0 radical (unpaired) electrons. The minimum absolute atomic E-state index is 0.750. The van der Waals surface area contributed by atoms with Crippen molar-refractivity contribution in [2.75, 3.05) is 7.11 Å². The number of nitrogens with one attached hydrogen (secondary N) is 1. The van der Waals surface area contributed by atoms with Crippen LogP contribution in [0.5, 0.6) is 5.75 Å². The van der Waals surface area contributed by atoms with Crippen LogP contribution in [0.4, 0.5) is 0 Å². The van der Waals surface area contributed by atoms with Gasteiger partial charge in [0.2, 0.25) is 0 Å². The number of benzene rings is 1. The first-order valence-corrected chi connectivity index (χ1v) is 8.14. The fraction of sp³-hybridized carbons (Fsp3) is 0.667. The first-order chi connectivity index (χ1) is 9.74. The lowest BCUT2D eigenvalue weighted by Gasteiger charge is -2.40. The minimum Gasteiger partial charge on any atom is -0.497 e. The molecule has 1 aromatic rings. The average molecular weight is 273 g/mol. The standard InChI is InChI=1S/C18H27NO/c1-13-3-7-16(8-4-13)19-17-11-15(12-17)14-5-9-18(20-2)10-6-14/h5-6,9-10,13,15-17,19H,3-4,7-8,11-12H2,1-2H3. The fourth-order valence-electron chi connectivity index (χ4n) is 3.66. The molecule has 0 amide bonds. The Morgan fingerprint density at radius 3 is 2.20 bits per heavy atom. The van der Waals surface area contributed by atoms with E-state index >= 15 is 0 Å². The van der Waals surface area contributed by atoms with Crippen molar-refractivity contribution in [3.63, 3.8) is 0 Å². The second-order valence-electron chi connectivity index (χ2n) is 6.76. The van der Waals surface area contributed by atoms with Gasteiger partial charge in [-0.2, -0.15) is 0 Å². The summed E-state index contributed by atoms with van der Waals surface area (Å²) in [5, 5.41) is 3.87. The molecular weight excluding hydrogens is 246 g/mol. The van der Waals surface area contributed by atoms with Crippen molar-refractivity contribution in [1.29, 1.82) is 0 Å². The van der Waals surface area contributed by atoms with E-state index in [-0.39, 0.29) is 0 Å². The molecule has 0 unspecified atom stereocenters. The van der Waals surface area contributed by atoms with E-state index in [0.29, 0.717) is 0 Å². The normalized spacial score (nSPS) is 33.5. The topological polar surface area (TPSA) is 21.3 Å². The van der Waals surface area contributed by atoms with Gasteiger partial charge < -0.3 is 10.1 Å². The summed E-state index contributed by atoms with van der Waals surface area (Å²) in [6.45, 7) is 2.39. The Kier molecular flexibility index (Phi) is 4.30. The van der Waals surface area contributed by atoms with Crippen LogP contribution in [0.3, 0.4) is 0 Å². The zero-order valence-corrected chi connectivity index (χ0v) is 12.8. The number of rotatable bonds is 4.